The Morgan fingerprint density at radius 1 is 1.29 bits per heavy atom. The van der Waals surface area contributed by atoms with Crippen molar-refractivity contribution < 1.29 is 4.52 Å². The summed E-state index contributed by atoms with van der Waals surface area (Å²) in [5.41, 5.74) is 0.498. The van der Waals surface area contributed by atoms with E-state index < -0.39 is 0 Å². The van der Waals surface area contributed by atoms with Crippen LogP contribution in [0.3, 0.4) is 0 Å². The lowest BCUT2D eigenvalue weighted by molar-refractivity contribution is 0.324. The Morgan fingerprint density at radius 2 is 2.10 bits per heavy atom. The number of nitrogens with zero attached hydrogens (tertiary/aromatic N) is 3. The fraction of sp³-hybridized carbons (Fsp3) is 0.500. The van der Waals surface area contributed by atoms with Gasteiger partial charge in [-0.3, -0.25) is 0 Å². The minimum atomic E-state index is 0.414. The zero-order chi connectivity index (χ0) is 14.7. The number of hydrogen-bond donors (Lipinski definition) is 1. The average molecular weight is 327 g/mol. The summed E-state index contributed by atoms with van der Waals surface area (Å²) in [5.74, 6) is 1.78. The highest BCUT2D eigenvalue weighted by Gasteiger charge is 2.17. The molecule has 0 aromatic carbocycles. The van der Waals surface area contributed by atoms with Gasteiger partial charge >= 0.3 is 0 Å². The van der Waals surface area contributed by atoms with Crippen LogP contribution in [-0.4, -0.2) is 28.2 Å². The molecule has 2 aromatic rings. The highest BCUT2D eigenvalue weighted by atomic mass is 35.5. The van der Waals surface area contributed by atoms with Crippen LogP contribution < -0.4 is 5.32 Å². The van der Waals surface area contributed by atoms with Crippen molar-refractivity contribution in [3.05, 3.63) is 28.2 Å². The normalized spacial score (nSPS) is 16.3. The molecule has 1 N–H and O–H groups in total. The van der Waals surface area contributed by atoms with Crippen LogP contribution in [0.15, 0.2) is 16.8 Å². The third kappa shape index (κ3) is 3.73. The molecule has 0 spiro atoms. The summed E-state index contributed by atoms with van der Waals surface area (Å²) in [6.45, 7) is 2.20. The maximum Gasteiger partial charge on any atom is 0.227 e. The molecule has 1 aliphatic heterocycles. The second kappa shape index (κ2) is 6.73. The van der Waals surface area contributed by atoms with Gasteiger partial charge in [-0.05, 0) is 44.3 Å². The molecule has 0 radical (unpaired) electrons. The van der Waals surface area contributed by atoms with Crippen LogP contribution in [0, 0.1) is 5.92 Å². The number of halogens is 2. The molecule has 2 aromatic heterocycles. The van der Waals surface area contributed by atoms with Gasteiger partial charge in [0.1, 0.15) is 5.69 Å². The van der Waals surface area contributed by atoms with E-state index in [4.69, 9.17) is 27.7 Å². The van der Waals surface area contributed by atoms with Crippen LogP contribution in [0.1, 0.15) is 25.2 Å². The van der Waals surface area contributed by atoms with Gasteiger partial charge in [0.25, 0.3) is 0 Å². The van der Waals surface area contributed by atoms with Crippen molar-refractivity contribution in [2.75, 3.05) is 13.1 Å². The number of rotatable bonds is 4. The van der Waals surface area contributed by atoms with Gasteiger partial charge in [0.15, 0.2) is 0 Å². The van der Waals surface area contributed by atoms with E-state index in [1.807, 2.05) is 0 Å². The molecule has 0 unspecified atom stereocenters. The molecule has 0 saturated carbocycles. The largest absolute Gasteiger partial charge is 0.339 e. The highest BCUT2D eigenvalue weighted by molar-refractivity contribution is 6.35. The molecule has 1 fully saturated rings. The van der Waals surface area contributed by atoms with E-state index in [9.17, 15) is 0 Å². The lowest BCUT2D eigenvalue weighted by atomic mass is 9.93. The van der Waals surface area contributed by atoms with Gasteiger partial charge in [0, 0.05) is 12.6 Å². The van der Waals surface area contributed by atoms with Crippen LogP contribution in [0.25, 0.3) is 11.5 Å². The van der Waals surface area contributed by atoms with Crippen molar-refractivity contribution in [1.82, 2.24) is 20.4 Å². The molecular weight excluding hydrogens is 311 g/mol. The number of aryl methyl sites for hydroxylation is 1. The summed E-state index contributed by atoms with van der Waals surface area (Å²) >= 11 is 11.9. The van der Waals surface area contributed by atoms with Gasteiger partial charge in [-0.1, -0.05) is 28.4 Å². The monoisotopic (exact) mass is 326 g/mol. The van der Waals surface area contributed by atoms with Crippen LogP contribution in [0.2, 0.25) is 10.0 Å². The summed E-state index contributed by atoms with van der Waals surface area (Å²) in [7, 11) is 0. The lowest BCUT2D eigenvalue weighted by Crippen LogP contribution is -2.27. The molecule has 0 atom stereocenters. The average Bonchev–Trinajstić information content (AvgIpc) is 2.95. The first-order valence-corrected chi connectivity index (χ1v) is 7.82. The van der Waals surface area contributed by atoms with E-state index in [0.717, 1.165) is 31.8 Å². The molecule has 1 aliphatic rings. The second-order valence-corrected chi connectivity index (χ2v) is 6.07. The Kier molecular flexibility index (Phi) is 4.73. The molecule has 0 amide bonds. The highest BCUT2D eigenvalue weighted by Crippen LogP contribution is 2.26. The quantitative estimate of drug-likeness (QED) is 0.933. The van der Waals surface area contributed by atoms with Crippen molar-refractivity contribution in [3.8, 4) is 11.5 Å². The van der Waals surface area contributed by atoms with Gasteiger partial charge in [-0.15, -0.1) is 0 Å². The van der Waals surface area contributed by atoms with E-state index >= 15 is 0 Å². The number of aromatic nitrogens is 3. The predicted octanol–water partition coefficient (Wildman–Crippen LogP) is 3.37. The smallest absolute Gasteiger partial charge is 0.227 e. The summed E-state index contributed by atoms with van der Waals surface area (Å²) in [6.07, 6.45) is 5.82. The summed E-state index contributed by atoms with van der Waals surface area (Å²) < 4.78 is 5.29. The van der Waals surface area contributed by atoms with Gasteiger partial charge in [0.2, 0.25) is 11.7 Å². The van der Waals surface area contributed by atoms with Crippen molar-refractivity contribution >= 4 is 23.2 Å². The molecule has 3 rings (SSSR count). The van der Waals surface area contributed by atoms with Crippen LogP contribution in [0.4, 0.5) is 0 Å². The SMILES string of the molecule is Clc1cnc(-c2noc(CCC3CCNCC3)n2)c(Cl)c1. The number of nitrogens with one attached hydrogen (secondary N) is 1. The standard InChI is InChI=1S/C14H16Cl2N4O/c15-10-7-11(16)13(18-8-10)14-19-12(21-20-14)2-1-9-3-5-17-6-4-9/h7-9,17H,1-6H2. The molecule has 3 heterocycles. The van der Waals surface area contributed by atoms with Crippen LogP contribution in [-0.2, 0) is 6.42 Å². The van der Waals surface area contributed by atoms with Crippen LogP contribution >= 0.6 is 23.2 Å². The number of piperidine rings is 1. The Labute approximate surface area is 133 Å². The summed E-state index contributed by atoms with van der Waals surface area (Å²) in [6, 6.07) is 1.62. The van der Waals surface area contributed by atoms with E-state index in [1.54, 1.807) is 6.07 Å². The van der Waals surface area contributed by atoms with E-state index in [0.29, 0.717) is 27.5 Å². The minimum Gasteiger partial charge on any atom is -0.339 e. The third-order valence-corrected chi connectivity index (χ3v) is 4.21. The number of hydrogen-bond acceptors (Lipinski definition) is 5. The van der Waals surface area contributed by atoms with E-state index in [1.165, 1.54) is 19.0 Å². The van der Waals surface area contributed by atoms with Crippen LogP contribution in [0.5, 0.6) is 0 Å². The first kappa shape index (κ1) is 14.8. The molecule has 5 nitrogen and oxygen atoms in total. The summed E-state index contributed by atoms with van der Waals surface area (Å²) in [5, 5.41) is 8.23. The molecule has 0 aliphatic carbocycles. The van der Waals surface area contributed by atoms with Gasteiger partial charge in [0.05, 0.1) is 10.0 Å². The van der Waals surface area contributed by atoms with Crippen molar-refractivity contribution in [2.45, 2.75) is 25.7 Å². The second-order valence-electron chi connectivity index (χ2n) is 5.23. The molecular formula is C14H16Cl2N4O. The molecule has 1 saturated heterocycles. The Morgan fingerprint density at radius 3 is 2.86 bits per heavy atom. The van der Waals surface area contributed by atoms with Gasteiger partial charge in [-0.2, -0.15) is 4.98 Å². The van der Waals surface area contributed by atoms with Gasteiger partial charge < -0.3 is 9.84 Å². The minimum absolute atomic E-state index is 0.414. The Bertz CT molecular complexity index is 611. The maximum absolute atomic E-state index is 6.10. The van der Waals surface area contributed by atoms with Crippen molar-refractivity contribution in [3.63, 3.8) is 0 Å². The third-order valence-electron chi connectivity index (χ3n) is 3.71. The fourth-order valence-corrected chi connectivity index (χ4v) is 2.99. The van der Waals surface area contributed by atoms with Crippen molar-refractivity contribution in [2.24, 2.45) is 5.92 Å². The lowest BCUT2D eigenvalue weighted by Gasteiger charge is -2.21. The number of pyridine rings is 1. The zero-order valence-corrected chi connectivity index (χ0v) is 13.0. The first-order chi connectivity index (χ1) is 10.2. The zero-order valence-electron chi connectivity index (χ0n) is 11.5. The fourth-order valence-electron chi connectivity index (χ4n) is 2.53. The topological polar surface area (TPSA) is 63.8 Å². The predicted molar refractivity (Wildman–Crippen MR) is 81.5 cm³/mol. The molecule has 0 bridgehead atoms. The Balaban J connectivity index is 1.65. The maximum atomic E-state index is 6.10. The molecule has 112 valence electrons. The molecule has 21 heavy (non-hydrogen) atoms. The summed E-state index contributed by atoms with van der Waals surface area (Å²) in [4.78, 5) is 8.53. The van der Waals surface area contributed by atoms with Crippen molar-refractivity contribution in [1.29, 1.82) is 0 Å². The van der Waals surface area contributed by atoms with E-state index in [-0.39, 0.29) is 0 Å². The first-order valence-electron chi connectivity index (χ1n) is 7.07. The van der Waals surface area contributed by atoms with Gasteiger partial charge in [-0.25, -0.2) is 4.98 Å². The van der Waals surface area contributed by atoms with E-state index in [2.05, 4.69) is 20.4 Å². The Hall–Kier alpha value is -1.17. The molecule has 7 heteroatoms.